The fourth-order valence-corrected chi connectivity index (χ4v) is 26.7. The van der Waals surface area contributed by atoms with E-state index in [-0.39, 0.29) is 0 Å². The zero-order valence-corrected chi connectivity index (χ0v) is 20.3. The van der Waals surface area contributed by atoms with Gasteiger partial charge in [0.15, 0.2) is 0 Å². The van der Waals surface area contributed by atoms with Crippen molar-refractivity contribution < 1.29 is 3.07 Å². The van der Waals surface area contributed by atoms with Crippen LogP contribution in [0.25, 0.3) is 0 Å². The second-order valence-corrected chi connectivity index (χ2v) is 22.0. The summed E-state index contributed by atoms with van der Waals surface area (Å²) in [6.07, 6.45) is 20.9. The normalized spacial score (nSPS) is 23.4. The van der Waals surface area contributed by atoms with Crippen LogP contribution in [-0.2, 0) is 0 Å². The van der Waals surface area contributed by atoms with Crippen molar-refractivity contribution in [2.75, 3.05) is 0 Å². The van der Waals surface area contributed by atoms with E-state index in [1.165, 1.54) is 96.3 Å². The van der Waals surface area contributed by atoms with Crippen molar-refractivity contribution in [3.05, 3.63) is 29.2 Å². The molecule has 1 aromatic carbocycles. The van der Waals surface area contributed by atoms with Crippen molar-refractivity contribution >= 4 is 24.5 Å². The zero-order chi connectivity index (χ0) is 19.2. The number of hydrogen-bond donors (Lipinski definition) is 0. The van der Waals surface area contributed by atoms with Crippen molar-refractivity contribution in [2.45, 2.75) is 108 Å². The number of nitrogens with zero attached hydrogens (tertiary/aromatic N) is 1. The van der Waals surface area contributed by atoms with Gasteiger partial charge in [0.2, 0.25) is 0 Å². The number of hydrogen-bond acceptors (Lipinski definition) is 3. The van der Waals surface area contributed by atoms with Gasteiger partial charge in [-0.2, -0.15) is 0 Å². The van der Waals surface area contributed by atoms with E-state index in [0.29, 0.717) is 5.69 Å². The Hall–Kier alpha value is -0.581. The van der Waals surface area contributed by atoms with Gasteiger partial charge in [0.1, 0.15) is 0 Å². The third kappa shape index (κ3) is 4.29. The Morgan fingerprint density at radius 3 is 1.54 bits per heavy atom. The molecule has 154 valence electrons. The predicted molar refractivity (Wildman–Crippen MR) is 119 cm³/mol. The van der Waals surface area contributed by atoms with Crippen LogP contribution in [0.3, 0.4) is 0 Å². The summed E-state index contributed by atoms with van der Waals surface area (Å²) in [5.41, 5.74) is 0.533. The SMILES string of the molecule is O=Nc1ccccc1[O][Sn]([CH]1CCCCC1)([CH]1CCCCC1)[CH]1CCCCC1. The molecule has 0 saturated heterocycles. The van der Waals surface area contributed by atoms with E-state index in [4.69, 9.17) is 3.07 Å². The van der Waals surface area contributed by atoms with E-state index in [2.05, 4.69) is 5.18 Å². The number of benzene rings is 1. The average molecular weight is 490 g/mol. The van der Waals surface area contributed by atoms with Crippen LogP contribution in [0, 0.1) is 4.91 Å². The maximum absolute atomic E-state index is 11.5. The molecule has 0 heterocycles. The first-order valence-corrected chi connectivity index (χ1v) is 18.1. The van der Waals surface area contributed by atoms with Crippen LogP contribution in [-0.4, -0.2) is 18.8 Å². The fraction of sp³-hybridized carbons (Fsp3) is 0.750. The van der Waals surface area contributed by atoms with E-state index in [0.717, 1.165) is 17.6 Å². The molecule has 3 aliphatic rings. The van der Waals surface area contributed by atoms with Crippen molar-refractivity contribution in [1.82, 2.24) is 0 Å². The molecule has 0 aliphatic heterocycles. The number of nitroso groups, excluding NO2 is 1. The molecule has 0 N–H and O–H groups in total. The van der Waals surface area contributed by atoms with E-state index in [1.54, 1.807) is 0 Å². The van der Waals surface area contributed by atoms with Gasteiger partial charge < -0.3 is 0 Å². The van der Waals surface area contributed by atoms with Crippen LogP contribution < -0.4 is 3.07 Å². The summed E-state index contributed by atoms with van der Waals surface area (Å²) in [4.78, 5) is 11.5. The molecule has 0 amide bonds. The Labute approximate surface area is 175 Å². The Balaban J connectivity index is 1.76. The van der Waals surface area contributed by atoms with Gasteiger partial charge in [-0.3, -0.25) is 0 Å². The standard InChI is InChI=1S/C6H5NO2.3C6H11.Sn/c8-6-4-2-1-3-5(6)7-9;3*1-2-4-6-5-3-1;/h1-4,8H;3*1H,2-6H2;/q;;;;+1/p-1. The quantitative estimate of drug-likeness (QED) is 0.297. The molecule has 3 aliphatic carbocycles. The molecule has 28 heavy (non-hydrogen) atoms. The minimum atomic E-state index is -3.10. The molecule has 1 aromatic rings. The zero-order valence-electron chi connectivity index (χ0n) is 17.4. The number of rotatable bonds is 6. The Kier molecular flexibility index (Phi) is 7.35. The molecule has 0 unspecified atom stereocenters. The molecule has 3 fully saturated rings. The summed E-state index contributed by atoms with van der Waals surface area (Å²) < 4.78 is 9.88. The molecule has 0 spiro atoms. The topological polar surface area (TPSA) is 38.7 Å². The van der Waals surface area contributed by atoms with Gasteiger partial charge in [-0.05, 0) is 0 Å². The van der Waals surface area contributed by atoms with Crippen LogP contribution >= 0.6 is 0 Å². The predicted octanol–water partition coefficient (Wildman–Crippen LogP) is 8.41. The van der Waals surface area contributed by atoms with Crippen molar-refractivity contribution in [3.63, 3.8) is 0 Å². The first kappa shape index (κ1) is 20.7. The van der Waals surface area contributed by atoms with Crippen LogP contribution in [0.15, 0.2) is 29.4 Å². The first-order valence-electron chi connectivity index (χ1n) is 12.0. The summed E-state index contributed by atoms with van der Waals surface area (Å²) in [5.74, 6) is 0.829. The third-order valence-electron chi connectivity index (χ3n) is 7.98. The van der Waals surface area contributed by atoms with Gasteiger partial charge in [0.25, 0.3) is 0 Å². The van der Waals surface area contributed by atoms with E-state index < -0.39 is 18.8 Å². The van der Waals surface area contributed by atoms with E-state index in [9.17, 15) is 4.91 Å². The minimum absolute atomic E-state index is 0.533. The molecule has 0 aromatic heterocycles. The van der Waals surface area contributed by atoms with Crippen LogP contribution in [0.4, 0.5) is 5.69 Å². The molecule has 3 nitrogen and oxygen atoms in total. The molecular formula is C24H37NO2Sn. The van der Waals surface area contributed by atoms with Gasteiger partial charge in [-0.25, -0.2) is 0 Å². The summed E-state index contributed by atoms with van der Waals surface area (Å²) in [5, 5.41) is 3.35. The van der Waals surface area contributed by atoms with Gasteiger partial charge in [0.05, 0.1) is 0 Å². The molecule has 3 saturated carbocycles. The van der Waals surface area contributed by atoms with Crippen LogP contribution in [0.5, 0.6) is 5.75 Å². The average Bonchev–Trinajstić information content (AvgIpc) is 2.79. The summed E-state index contributed by atoms with van der Waals surface area (Å²) in [6, 6.07) is 7.84. The fourth-order valence-electron chi connectivity index (χ4n) is 6.72. The second-order valence-electron chi connectivity index (χ2n) is 9.52. The van der Waals surface area contributed by atoms with Gasteiger partial charge >= 0.3 is 176 Å². The van der Waals surface area contributed by atoms with E-state index >= 15 is 0 Å². The van der Waals surface area contributed by atoms with E-state index in [1.807, 2.05) is 24.3 Å². The van der Waals surface area contributed by atoms with Gasteiger partial charge in [0, 0.05) is 0 Å². The van der Waals surface area contributed by atoms with Crippen LogP contribution in [0.1, 0.15) is 96.3 Å². The van der Waals surface area contributed by atoms with Crippen LogP contribution in [0.2, 0.25) is 11.8 Å². The Morgan fingerprint density at radius 1 is 0.679 bits per heavy atom. The Morgan fingerprint density at radius 2 is 1.11 bits per heavy atom. The van der Waals surface area contributed by atoms with Gasteiger partial charge in [-0.1, -0.05) is 0 Å². The molecular weight excluding hydrogens is 453 g/mol. The second kappa shape index (κ2) is 9.95. The van der Waals surface area contributed by atoms with Crippen molar-refractivity contribution in [3.8, 4) is 5.75 Å². The van der Waals surface area contributed by atoms with Crippen molar-refractivity contribution in [1.29, 1.82) is 0 Å². The summed E-state index contributed by atoms with van der Waals surface area (Å²) >= 11 is -3.10. The molecule has 0 radical (unpaired) electrons. The number of para-hydroxylation sites is 1. The molecule has 0 atom stereocenters. The summed E-state index contributed by atoms with van der Waals surface area (Å²) in [7, 11) is 0. The first-order chi connectivity index (χ1) is 13.8. The third-order valence-corrected chi connectivity index (χ3v) is 25.5. The van der Waals surface area contributed by atoms with Crippen molar-refractivity contribution in [2.24, 2.45) is 5.18 Å². The maximum atomic E-state index is 11.5. The summed E-state index contributed by atoms with van der Waals surface area (Å²) in [6.45, 7) is 0. The molecule has 0 bridgehead atoms. The monoisotopic (exact) mass is 491 g/mol. The van der Waals surface area contributed by atoms with Gasteiger partial charge in [-0.15, -0.1) is 0 Å². The Bertz CT molecular complexity index is 586. The molecule has 4 heteroatoms. The molecule has 4 rings (SSSR count).